The van der Waals surface area contributed by atoms with Gasteiger partial charge < -0.3 is 10.6 Å². The van der Waals surface area contributed by atoms with Crippen molar-refractivity contribution in [2.24, 2.45) is 5.92 Å². The van der Waals surface area contributed by atoms with Crippen LogP contribution >= 0.6 is 23.2 Å². The third-order valence-electron chi connectivity index (χ3n) is 2.96. The predicted octanol–water partition coefficient (Wildman–Crippen LogP) is 3.28. The molecule has 22 heavy (non-hydrogen) atoms. The maximum atomic E-state index is 11.9. The van der Waals surface area contributed by atoms with E-state index in [-0.39, 0.29) is 11.8 Å². The third kappa shape index (κ3) is 6.08. The summed E-state index contributed by atoms with van der Waals surface area (Å²) in [4.78, 5) is 23.7. The summed E-state index contributed by atoms with van der Waals surface area (Å²) in [6.45, 7) is 3.99. The van der Waals surface area contributed by atoms with Gasteiger partial charge >= 0.3 is 0 Å². The van der Waals surface area contributed by atoms with Gasteiger partial charge in [0.1, 0.15) is 6.04 Å². The molecule has 0 saturated heterocycles. The number of rotatable bonds is 6. The minimum Gasteiger partial charge on any atom is -0.357 e. The summed E-state index contributed by atoms with van der Waals surface area (Å²) < 4.78 is 0. The molecule has 0 aliphatic heterocycles. The van der Waals surface area contributed by atoms with E-state index < -0.39 is 6.04 Å². The molecule has 1 unspecified atom stereocenters. The Balaban J connectivity index is 2.71. The molecule has 1 atom stereocenters. The van der Waals surface area contributed by atoms with E-state index in [0.717, 1.165) is 5.56 Å². The van der Waals surface area contributed by atoms with Gasteiger partial charge in [0.25, 0.3) is 0 Å². The summed E-state index contributed by atoms with van der Waals surface area (Å²) in [6, 6.07) is 4.53. The quantitative estimate of drug-likeness (QED) is 0.779. The van der Waals surface area contributed by atoms with Crippen LogP contribution in [0.3, 0.4) is 0 Å². The lowest BCUT2D eigenvalue weighted by molar-refractivity contribution is -0.127. The lowest BCUT2D eigenvalue weighted by atomic mass is 10.0. The number of amides is 2. The Bertz CT molecular complexity index is 571. The van der Waals surface area contributed by atoms with Gasteiger partial charge in [-0.3, -0.25) is 9.59 Å². The van der Waals surface area contributed by atoms with E-state index in [0.29, 0.717) is 22.4 Å². The molecule has 1 rings (SSSR count). The maximum Gasteiger partial charge on any atom is 0.244 e. The van der Waals surface area contributed by atoms with Gasteiger partial charge in [-0.05, 0) is 36.1 Å². The van der Waals surface area contributed by atoms with Crippen molar-refractivity contribution in [2.75, 3.05) is 7.05 Å². The summed E-state index contributed by atoms with van der Waals surface area (Å²) in [5.74, 6) is -0.244. The smallest absolute Gasteiger partial charge is 0.244 e. The van der Waals surface area contributed by atoms with Gasteiger partial charge in [0, 0.05) is 13.1 Å². The third-order valence-corrected chi connectivity index (χ3v) is 3.70. The molecule has 1 aromatic rings. The summed E-state index contributed by atoms with van der Waals surface area (Å²) in [6.07, 6.45) is 3.57. The van der Waals surface area contributed by atoms with Crippen LogP contribution in [0.2, 0.25) is 10.0 Å². The number of carbonyl (C=O) groups is 2. The van der Waals surface area contributed by atoms with Gasteiger partial charge in [-0.1, -0.05) is 43.1 Å². The Labute approximate surface area is 140 Å². The molecule has 0 bridgehead atoms. The zero-order valence-corrected chi connectivity index (χ0v) is 14.3. The fourth-order valence-electron chi connectivity index (χ4n) is 1.88. The number of likely N-dealkylation sites (N-methyl/N-ethyl adjacent to an activating group) is 1. The molecule has 2 amide bonds. The minimum atomic E-state index is -0.545. The molecule has 0 aliphatic carbocycles. The van der Waals surface area contributed by atoms with E-state index in [9.17, 15) is 9.59 Å². The van der Waals surface area contributed by atoms with Crippen LogP contribution < -0.4 is 10.6 Å². The number of halogens is 2. The lowest BCUT2D eigenvalue weighted by Crippen LogP contribution is -2.45. The standard InChI is InChI=1S/C16H20Cl2N2O2/c1-10(2)8-14(16(22)19-3)20-15(21)7-5-11-4-6-12(17)13(18)9-11/h4-7,9-10,14H,8H2,1-3H3,(H,19,22)(H,20,21). The highest BCUT2D eigenvalue weighted by molar-refractivity contribution is 6.42. The molecular formula is C16H20Cl2N2O2. The average Bonchev–Trinajstić information content (AvgIpc) is 2.46. The first-order valence-corrected chi connectivity index (χ1v) is 7.74. The van der Waals surface area contributed by atoms with Gasteiger partial charge in [-0.25, -0.2) is 0 Å². The largest absolute Gasteiger partial charge is 0.357 e. The van der Waals surface area contributed by atoms with E-state index >= 15 is 0 Å². The highest BCUT2D eigenvalue weighted by Crippen LogP contribution is 2.23. The Morgan fingerprint density at radius 2 is 1.91 bits per heavy atom. The monoisotopic (exact) mass is 342 g/mol. The van der Waals surface area contributed by atoms with Crippen molar-refractivity contribution in [3.63, 3.8) is 0 Å². The van der Waals surface area contributed by atoms with Crippen LogP contribution in [-0.4, -0.2) is 24.9 Å². The summed E-state index contributed by atoms with van der Waals surface area (Å²) in [5.41, 5.74) is 0.755. The number of nitrogens with one attached hydrogen (secondary N) is 2. The van der Waals surface area contributed by atoms with Gasteiger partial charge in [-0.2, -0.15) is 0 Å². The molecule has 0 fully saturated rings. The number of carbonyl (C=O) groups excluding carboxylic acids is 2. The first-order valence-electron chi connectivity index (χ1n) is 6.98. The van der Waals surface area contributed by atoms with E-state index in [1.807, 2.05) is 13.8 Å². The summed E-state index contributed by atoms with van der Waals surface area (Å²) in [7, 11) is 1.55. The van der Waals surface area contributed by atoms with Crippen LogP contribution in [0.5, 0.6) is 0 Å². The van der Waals surface area contributed by atoms with Crippen molar-refractivity contribution >= 4 is 41.1 Å². The Hall–Kier alpha value is -1.52. The van der Waals surface area contributed by atoms with Crippen molar-refractivity contribution in [3.8, 4) is 0 Å². The molecule has 0 radical (unpaired) electrons. The van der Waals surface area contributed by atoms with Gasteiger partial charge in [0.15, 0.2) is 0 Å². The SMILES string of the molecule is CNC(=O)C(CC(C)C)NC(=O)C=Cc1ccc(Cl)c(Cl)c1. The van der Waals surface area contributed by atoms with Crippen molar-refractivity contribution in [2.45, 2.75) is 26.3 Å². The maximum absolute atomic E-state index is 11.9. The van der Waals surface area contributed by atoms with Crippen LogP contribution in [0, 0.1) is 5.92 Å². The van der Waals surface area contributed by atoms with E-state index in [2.05, 4.69) is 10.6 Å². The van der Waals surface area contributed by atoms with Crippen LogP contribution in [0.15, 0.2) is 24.3 Å². The van der Waals surface area contributed by atoms with Crippen molar-refractivity contribution in [1.29, 1.82) is 0 Å². The molecule has 0 aliphatic rings. The average molecular weight is 343 g/mol. The normalized spacial score (nSPS) is 12.5. The predicted molar refractivity (Wildman–Crippen MR) is 90.9 cm³/mol. The highest BCUT2D eigenvalue weighted by Gasteiger charge is 2.19. The zero-order chi connectivity index (χ0) is 16.7. The molecule has 1 aromatic carbocycles. The van der Waals surface area contributed by atoms with Gasteiger partial charge in [-0.15, -0.1) is 0 Å². The lowest BCUT2D eigenvalue weighted by Gasteiger charge is -2.18. The van der Waals surface area contributed by atoms with Crippen molar-refractivity contribution in [1.82, 2.24) is 10.6 Å². The number of hydrogen-bond acceptors (Lipinski definition) is 2. The van der Waals surface area contributed by atoms with Crippen molar-refractivity contribution in [3.05, 3.63) is 39.9 Å². The fourth-order valence-corrected chi connectivity index (χ4v) is 2.19. The molecule has 0 aromatic heterocycles. The molecule has 0 spiro atoms. The second-order valence-electron chi connectivity index (χ2n) is 5.31. The highest BCUT2D eigenvalue weighted by atomic mass is 35.5. The van der Waals surface area contributed by atoms with E-state index in [1.165, 1.54) is 6.08 Å². The second-order valence-corrected chi connectivity index (χ2v) is 6.13. The van der Waals surface area contributed by atoms with Crippen LogP contribution in [-0.2, 0) is 9.59 Å². The topological polar surface area (TPSA) is 58.2 Å². The first-order chi connectivity index (χ1) is 10.3. The summed E-state index contributed by atoms with van der Waals surface area (Å²) >= 11 is 11.7. The van der Waals surface area contributed by atoms with E-state index in [4.69, 9.17) is 23.2 Å². The number of benzene rings is 1. The van der Waals surface area contributed by atoms with E-state index in [1.54, 1.807) is 31.3 Å². The molecule has 6 heteroatoms. The van der Waals surface area contributed by atoms with Crippen LogP contribution in [0.25, 0.3) is 6.08 Å². The van der Waals surface area contributed by atoms with Crippen LogP contribution in [0.1, 0.15) is 25.8 Å². The zero-order valence-electron chi connectivity index (χ0n) is 12.8. The molecule has 0 heterocycles. The Morgan fingerprint density at radius 3 is 2.45 bits per heavy atom. The Kier molecular flexibility index (Phi) is 7.42. The second kappa shape index (κ2) is 8.81. The van der Waals surface area contributed by atoms with Gasteiger partial charge in [0.05, 0.1) is 10.0 Å². The molecule has 2 N–H and O–H groups in total. The summed E-state index contributed by atoms with van der Waals surface area (Å²) in [5, 5.41) is 6.13. The number of hydrogen-bond donors (Lipinski definition) is 2. The molecule has 120 valence electrons. The molecule has 4 nitrogen and oxygen atoms in total. The molecular weight excluding hydrogens is 323 g/mol. The first kappa shape index (κ1) is 18.5. The Morgan fingerprint density at radius 1 is 1.23 bits per heavy atom. The van der Waals surface area contributed by atoms with Crippen LogP contribution in [0.4, 0.5) is 0 Å². The van der Waals surface area contributed by atoms with Gasteiger partial charge in [0.2, 0.25) is 11.8 Å². The van der Waals surface area contributed by atoms with Crippen molar-refractivity contribution < 1.29 is 9.59 Å². The molecule has 0 saturated carbocycles. The minimum absolute atomic E-state index is 0.204. The fraction of sp³-hybridized carbons (Fsp3) is 0.375.